The van der Waals surface area contributed by atoms with Gasteiger partial charge in [-0.3, -0.25) is 10.1 Å². The Hall–Kier alpha value is -6.78. The number of nitriles is 1. The number of nitrogens with one attached hydrogen (secondary N) is 2. The van der Waals surface area contributed by atoms with Crippen LogP contribution in [0.15, 0.2) is 212 Å². The number of ether oxygens (including phenoxy) is 10. The molecule has 0 radical (unpaired) electrons. The Kier molecular flexibility index (Phi) is 81.5. The quantitative estimate of drug-likeness (QED) is 0.00895. The number of benzene rings is 7. The molecule has 0 amide bonds. The van der Waals surface area contributed by atoms with E-state index in [1.165, 1.54) is 5.56 Å². The monoisotopic (exact) mass is 2180 g/mol. The molecule has 139 heavy (non-hydrogen) atoms. The number of aldehydes is 2. The van der Waals surface area contributed by atoms with Crippen LogP contribution >= 0.6 is 12.4 Å². The van der Waals surface area contributed by atoms with Crippen molar-refractivity contribution in [2.24, 2.45) is 0 Å². The normalized spacial score (nSPS) is 13.3. The van der Waals surface area contributed by atoms with Crippen molar-refractivity contribution in [3.63, 3.8) is 0 Å². The summed E-state index contributed by atoms with van der Waals surface area (Å²) in [6.45, 7) is 8.64. The van der Waals surface area contributed by atoms with Crippen LogP contribution in [0, 0.1) is 11.3 Å². The first-order valence-corrected chi connectivity index (χ1v) is 45.2. The number of methoxy groups -OCH3 is 5. The van der Waals surface area contributed by atoms with Crippen molar-refractivity contribution in [1.82, 2.24) is 10.6 Å². The smallest absolute Gasteiger partial charge is 1.00 e. The number of hydrogen-bond donors (Lipinski definition) is 6. The molecule has 784 valence electrons. The molecule has 0 saturated carbocycles. The first-order chi connectivity index (χ1) is 63.9. The van der Waals surface area contributed by atoms with E-state index in [-0.39, 0.29) is 145 Å². The molecule has 0 aliphatic heterocycles. The van der Waals surface area contributed by atoms with E-state index in [4.69, 9.17) is 53.8 Å². The molecule has 0 aromatic heterocycles. The minimum Gasteiger partial charge on any atom is -1.00 e. The van der Waals surface area contributed by atoms with Gasteiger partial charge in [0.05, 0.1) is 51.8 Å². The number of carbonyl (C=O) groups excluding carboxylic acids is 2. The van der Waals surface area contributed by atoms with Gasteiger partial charge in [-0.15, -0.1) is 12.4 Å². The van der Waals surface area contributed by atoms with E-state index in [2.05, 4.69) is 34.3 Å². The molecule has 9 unspecified atom stereocenters. The minimum absolute atomic E-state index is 0. The number of rotatable bonds is 47. The van der Waals surface area contributed by atoms with Gasteiger partial charge >= 0.3 is 118 Å². The summed E-state index contributed by atoms with van der Waals surface area (Å²) in [4.78, 5) is 30.6. The van der Waals surface area contributed by atoms with E-state index in [1.54, 1.807) is 50.0 Å². The Morgan fingerprint density at radius 1 is 0.381 bits per heavy atom. The van der Waals surface area contributed by atoms with E-state index in [0.29, 0.717) is 59.0 Å². The molecule has 7 aromatic rings. The largest absolute Gasteiger partial charge is 1.00 e. The second-order valence-electron chi connectivity index (χ2n) is 29.4. The molecule has 7 rings (SSSR count). The van der Waals surface area contributed by atoms with Gasteiger partial charge in [0.1, 0.15) is 24.7 Å². The van der Waals surface area contributed by atoms with Crippen molar-refractivity contribution in [3.05, 3.63) is 251 Å². The summed E-state index contributed by atoms with van der Waals surface area (Å²) in [7, 11) is 2.61. The molecule has 0 aliphatic rings. The number of carbonyl (C=O) groups is 3. The van der Waals surface area contributed by atoms with Crippen molar-refractivity contribution in [2.75, 3.05) is 81.8 Å². The van der Waals surface area contributed by atoms with Crippen LogP contribution in [0.1, 0.15) is 96.7 Å². The van der Waals surface area contributed by atoms with Crippen LogP contribution in [0.5, 0.6) is 0 Å². The Bertz CT molecular complexity index is 4090. The summed E-state index contributed by atoms with van der Waals surface area (Å²) in [5, 5.41) is 48.5. The first-order valence-electron chi connectivity index (χ1n) is 41.8. The Labute approximate surface area is 861 Å². The van der Waals surface area contributed by atoms with Gasteiger partial charge in [0, 0.05) is 140 Å². The fraction of sp³-hybridized carbons (Fsp3) is 0.505. The molecule has 0 bridgehead atoms. The van der Waals surface area contributed by atoms with Crippen molar-refractivity contribution in [1.29, 1.82) is 5.26 Å². The van der Waals surface area contributed by atoms with Gasteiger partial charge in [-0.05, 0) is 65.0 Å². The number of aliphatic hydroxyl groups excluding tert-OH is 3. The fourth-order valence-electron chi connectivity index (χ4n) is 10.3. The third-order valence-corrected chi connectivity index (χ3v) is 18.3. The molecule has 7 aromatic carbocycles. The number of carboxylic acids is 1. The third kappa shape index (κ3) is 76.5. The second kappa shape index (κ2) is 80.5. The molecular formula is C93H123ClCsF22N3O18Si. The SMILES string of the molecule is COC(CC(C#N)NCc1ccccc1)C(F)(F)F.COC(CC(NCc1ccccc1)C(=O)O)C(F)(F)F.COC(CC=O)C(F)(F)F.COC(CCO)C(F)(F)F.COC(CCOCc1ccccc1)C(F)(F)F.C[Si](C)(C)OC(CCOCc1ccccc1)C(F)(F)F.Cl.O=CCCOCc1ccccc1.OC(CCOCc1ccccc1)C(F)(F)F.OCCCOCc1ccccc1.[Cs+].[F-]. The van der Waals surface area contributed by atoms with Crippen LogP contribution in [-0.2, 0) is 112 Å². The maximum Gasteiger partial charge on any atom is 1.00 e. The van der Waals surface area contributed by atoms with Crippen LogP contribution in [0.4, 0.5) is 92.2 Å². The molecule has 0 fully saturated rings. The number of halogens is 23. The zero-order valence-corrected chi connectivity index (χ0v) is 86.1. The van der Waals surface area contributed by atoms with Gasteiger partial charge in [0.25, 0.3) is 0 Å². The maximum atomic E-state index is 12.8. The van der Waals surface area contributed by atoms with Crippen LogP contribution < -0.4 is 84.2 Å². The summed E-state index contributed by atoms with van der Waals surface area (Å²) in [5.41, 5.74) is 6.79. The Morgan fingerprint density at radius 2 is 0.662 bits per heavy atom. The number of hydrogen-bond acceptors (Lipinski definition) is 20. The van der Waals surface area contributed by atoms with E-state index in [9.17, 15) is 107 Å². The van der Waals surface area contributed by atoms with Crippen LogP contribution in [0.25, 0.3) is 0 Å². The van der Waals surface area contributed by atoms with Gasteiger partial charge in [0.15, 0.2) is 44.9 Å². The van der Waals surface area contributed by atoms with Crippen molar-refractivity contribution < 1.29 is 252 Å². The molecule has 0 saturated heterocycles. The average Bonchev–Trinajstić information content (AvgIpc) is 0.861. The number of aliphatic hydroxyl groups is 3. The van der Waals surface area contributed by atoms with E-state index in [0.717, 1.165) is 75.2 Å². The van der Waals surface area contributed by atoms with Gasteiger partial charge in [-0.1, -0.05) is 212 Å². The molecule has 9 atom stereocenters. The summed E-state index contributed by atoms with van der Waals surface area (Å²) in [6.07, 6.45) is -45.4. The molecular weight excluding hydrogens is 2060 g/mol. The summed E-state index contributed by atoms with van der Waals surface area (Å²) in [6, 6.07) is 65.3. The van der Waals surface area contributed by atoms with E-state index in [1.807, 2.05) is 188 Å². The van der Waals surface area contributed by atoms with Crippen molar-refractivity contribution in [3.8, 4) is 6.07 Å². The van der Waals surface area contributed by atoms with Crippen molar-refractivity contribution >= 4 is 39.3 Å². The molecule has 6 N–H and O–H groups in total. The van der Waals surface area contributed by atoms with Crippen LogP contribution in [0.3, 0.4) is 0 Å². The topological polar surface area (TPSA) is 282 Å². The zero-order chi connectivity index (χ0) is 103. The number of aliphatic carboxylic acids is 1. The Balaban J connectivity index is -0.000000488. The van der Waals surface area contributed by atoms with Gasteiger partial charge in [-0.25, -0.2) is 0 Å². The number of alkyl halides is 21. The maximum absolute atomic E-state index is 12.8. The zero-order valence-electron chi connectivity index (χ0n) is 78.0. The third-order valence-electron chi connectivity index (χ3n) is 17.3. The predicted octanol–water partition coefficient (Wildman–Crippen LogP) is 14.8. The minimum atomic E-state index is -4.59. The number of carboxylic acid groups (broad SMARTS) is 1. The summed E-state index contributed by atoms with van der Waals surface area (Å²) >= 11 is 0. The molecule has 21 nitrogen and oxygen atoms in total. The molecule has 0 aliphatic carbocycles. The second-order valence-corrected chi connectivity index (χ2v) is 33.9. The standard InChI is InChI=1S/C14H21F3O2Si.C13H15F3N2O.C13H16F3NO3.C12H15F3O2.C11H13F3O2.C10H14O2.C10H12O2.C5H9F3O2.C5H7F3O2.ClH.Cs.FH/c1-20(2,3)19-13(14(15,16)17)9-10-18-11-12-7-5-4-6-8-12;1-19-12(13(14,15)16)7-11(8-17)18-9-10-5-3-2-4-6-10;1-20-11(13(14,15)16)7-10(12(18)19)17-8-9-5-3-2-4-6-9;1-16-11(12(13,14)15)7-8-17-9-10-5-3-2-4-6-10;12-11(13,14)10(15)6-7-16-8-9-4-2-1-3-5-9;2*11-7-4-8-12-9-10-5-2-1-3-6-10;2*1-10-4(2-3-9)5(6,7)8;;;/h4-8,13H,9-11H2,1-3H3;2-6,11-12,18H,7,9H2,1H3;2-6,10-11,17H,7-8H2,1H3,(H,18,19);2-6,11H,7-9H2,1H3;1-5,10,15H,6-8H2;1-3,5-6,11H,4,7-9H2;1-3,5-7H,4,8-9H2;4,9H,2-3H2,1H3;3-4H,2H2,1H3;1H;;1H/q;;;;;;;;;;+1;/p-1. The van der Waals surface area contributed by atoms with Gasteiger partial charge < -0.3 is 91.8 Å². The van der Waals surface area contributed by atoms with Gasteiger partial charge in [0.2, 0.25) is 0 Å². The van der Waals surface area contributed by atoms with Gasteiger partial charge in [-0.2, -0.15) is 97.5 Å². The Morgan fingerprint density at radius 3 is 0.914 bits per heavy atom. The first kappa shape index (κ1) is 141. The molecule has 0 spiro atoms. The van der Waals surface area contributed by atoms with E-state index < -0.39 is 151 Å². The fourth-order valence-corrected chi connectivity index (χ4v) is 11.4. The van der Waals surface area contributed by atoms with E-state index >= 15 is 0 Å². The number of nitrogens with zero attached hydrogens (tertiary/aromatic N) is 1. The predicted molar refractivity (Wildman–Crippen MR) is 474 cm³/mol. The molecule has 46 heteroatoms. The van der Waals surface area contributed by atoms with Crippen molar-refractivity contribution in [2.45, 2.75) is 222 Å². The van der Waals surface area contributed by atoms with Crippen LogP contribution in [0.2, 0.25) is 19.6 Å². The molecule has 0 heterocycles. The average molecular weight is 2190 g/mol. The van der Waals surface area contributed by atoms with Crippen LogP contribution in [-0.4, -0.2) is 227 Å². The summed E-state index contributed by atoms with van der Waals surface area (Å²) < 4.78 is 309. The summed E-state index contributed by atoms with van der Waals surface area (Å²) in [5.74, 6) is -1.34.